The van der Waals surface area contributed by atoms with Crippen molar-refractivity contribution in [2.24, 2.45) is 0 Å². The Morgan fingerprint density at radius 3 is 1.68 bits per heavy atom. The minimum atomic E-state index is -2.34. The summed E-state index contributed by atoms with van der Waals surface area (Å²) in [6.45, 7) is 2.11. The number of hydrogen-bond donors (Lipinski definition) is 4. The summed E-state index contributed by atoms with van der Waals surface area (Å²) in [6, 6.07) is 45.0. The number of nitriles is 1. The van der Waals surface area contributed by atoms with E-state index in [0.717, 1.165) is 11.3 Å². The van der Waals surface area contributed by atoms with Gasteiger partial charge in [-0.05, 0) is 40.5 Å². The third-order valence-corrected chi connectivity index (χ3v) is 11.0. The largest absolute Gasteiger partial charge is 0.390 e. The van der Waals surface area contributed by atoms with Gasteiger partial charge in [0.15, 0.2) is 0 Å². The summed E-state index contributed by atoms with van der Waals surface area (Å²) in [6.07, 6.45) is -4.33. The Morgan fingerprint density at radius 1 is 0.660 bits per heavy atom. The lowest BCUT2D eigenvalue weighted by Gasteiger charge is -2.63. The number of aliphatic hydroxyl groups is 4. The second-order valence-corrected chi connectivity index (χ2v) is 14.4. The summed E-state index contributed by atoms with van der Waals surface area (Å²) in [4.78, 5) is 2.13. The van der Waals surface area contributed by atoms with Crippen LogP contribution in [0, 0.1) is 11.3 Å². The molecule has 2 heterocycles. The Labute approximate surface area is 311 Å². The van der Waals surface area contributed by atoms with E-state index in [0.29, 0.717) is 54.1 Å². The Balaban J connectivity index is 1.50. The minimum absolute atomic E-state index is 0.111. The Kier molecular flexibility index (Phi) is 10.8. The second kappa shape index (κ2) is 15.6. The first-order valence-electron chi connectivity index (χ1n) is 18.3. The van der Waals surface area contributed by atoms with Crippen LogP contribution in [0.4, 0.5) is 5.69 Å². The average Bonchev–Trinajstić information content (AvgIpc) is 3.19. The highest BCUT2D eigenvalue weighted by Crippen LogP contribution is 2.56. The van der Waals surface area contributed by atoms with Gasteiger partial charge in [-0.3, -0.25) is 0 Å². The number of anilines is 1. The van der Waals surface area contributed by atoms with E-state index in [-0.39, 0.29) is 25.7 Å². The fraction of sp³-hybridized carbons (Fsp3) is 0.311. The van der Waals surface area contributed by atoms with Crippen molar-refractivity contribution >= 4 is 5.69 Å². The molecule has 53 heavy (non-hydrogen) atoms. The molecule has 2 aliphatic heterocycles. The van der Waals surface area contributed by atoms with E-state index in [2.05, 4.69) is 11.0 Å². The van der Waals surface area contributed by atoms with Crippen molar-refractivity contribution in [3.05, 3.63) is 173 Å². The molecule has 5 aromatic carbocycles. The van der Waals surface area contributed by atoms with Crippen molar-refractivity contribution in [1.82, 2.24) is 0 Å². The van der Waals surface area contributed by atoms with E-state index >= 15 is 0 Å². The number of aliphatic hydroxyl groups excluding tert-OH is 1. The molecule has 8 nitrogen and oxygen atoms in total. The fourth-order valence-electron chi connectivity index (χ4n) is 8.32. The van der Waals surface area contributed by atoms with Crippen LogP contribution in [0.15, 0.2) is 140 Å². The number of ether oxygens (including phenoxy) is 2. The Bertz CT molecular complexity index is 1990. The summed E-state index contributed by atoms with van der Waals surface area (Å²) >= 11 is 0. The van der Waals surface area contributed by atoms with Crippen LogP contribution in [0.1, 0.15) is 39.5 Å². The van der Waals surface area contributed by atoms with Crippen LogP contribution in [-0.4, -0.2) is 75.7 Å². The van der Waals surface area contributed by atoms with E-state index in [1.54, 1.807) is 12.1 Å². The smallest absolute Gasteiger partial charge is 0.132 e. The standard InChI is InChI=1S/C45H46N2O6/c46-32-37-21-22-39(47-23-25-52-26-24-47)38(27-37)41-43(49,29-34-15-7-2-8-16-34)45(51,31-36-19-11-4-12-20-36)44(50,30-35-17-9-3-10-18-35)42(53-41)40(48)28-33-13-5-1-6-14-33/h1-22,27,40-42,48-51H,23-26,28-31H2/t40?,41-,42+,43-,44+,45+/m0/s1. The molecule has 8 heteroatoms. The first-order valence-corrected chi connectivity index (χ1v) is 18.3. The van der Waals surface area contributed by atoms with Gasteiger partial charge in [0.05, 0.1) is 31.0 Å². The lowest BCUT2D eigenvalue weighted by molar-refractivity contribution is -0.368. The van der Waals surface area contributed by atoms with Gasteiger partial charge in [-0.2, -0.15) is 5.26 Å². The summed E-state index contributed by atoms with van der Waals surface area (Å²) in [7, 11) is 0. The van der Waals surface area contributed by atoms with Gasteiger partial charge in [0.1, 0.15) is 29.0 Å². The van der Waals surface area contributed by atoms with Crippen LogP contribution < -0.4 is 4.90 Å². The predicted molar refractivity (Wildman–Crippen MR) is 203 cm³/mol. The molecule has 6 atom stereocenters. The van der Waals surface area contributed by atoms with E-state index in [1.807, 2.05) is 127 Å². The second-order valence-electron chi connectivity index (χ2n) is 14.4. The van der Waals surface area contributed by atoms with Gasteiger partial charge in [-0.15, -0.1) is 0 Å². The summed E-state index contributed by atoms with van der Waals surface area (Å²) in [5, 5.41) is 63.6. The zero-order chi connectivity index (χ0) is 36.9. The molecule has 2 saturated heterocycles. The number of hydrogen-bond acceptors (Lipinski definition) is 8. The minimum Gasteiger partial charge on any atom is -0.390 e. The van der Waals surface area contributed by atoms with Gasteiger partial charge < -0.3 is 34.8 Å². The molecular formula is C45H46N2O6. The molecule has 1 unspecified atom stereocenters. The van der Waals surface area contributed by atoms with Crippen LogP contribution in [0.25, 0.3) is 0 Å². The van der Waals surface area contributed by atoms with Gasteiger partial charge in [0.2, 0.25) is 0 Å². The quantitative estimate of drug-likeness (QED) is 0.145. The van der Waals surface area contributed by atoms with Crippen molar-refractivity contribution in [3.8, 4) is 6.07 Å². The van der Waals surface area contributed by atoms with Crippen molar-refractivity contribution in [2.45, 2.75) is 60.8 Å². The Morgan fingerprint density at radius 2 is 1.15 bits per heavy atom. The highest BCUT2D eigenvalue weighted by molar-refractivity contribution is 5.59. The molecule has 2 aliphatic rings. The number of nitrogens with zero attached hydrogens (tertiary/aromatic N) is 2. The van der Waals surface area contributed by atoms with E-state index in [9.17, 15) is 25.7 Å². The summed E-state index contributed by atoms with van der Waals surface area (Å²) < 4.78 is 12.7. The summed E-state index contributed by atoms with van der Waals surface area (Å²) in [5.41, 5.74) is -2.35. The van der Waals surface area contributed by atoms with E-state index in [4.69, 9.17) is 9.47 Å². The molecule has 0 bridgehead atoms. The third kappa shape index (κ3) is 7.25. The maximum atomic E-state index is 13.8. The van der Waals surface area contributed by atoms with Crippen molar-refractivity contribution < 1.29 is 29.9 Å². The zero-order valence-electron chi connectivity index (χ0n) is 29.7. The first kappa shape index (κ1) is 36.5. The molecule has 7 rings (SSSR count). The predicted octanol–water partition coefficient (Wildman–Crippen LogP) is 5.36. The highest BCUT2D eigenvalue weighted by atomic mass is 16.6. The van der Waals surface area contributed by atoms with E-state index < -0.39 is 35.1 Å². The van der Waals surface area contributed by atoms with E-state index in [1.165, 1.54) is 0 Å². The number of rotatable bonds is 11. The number of morpholine rings is 1. The van der Waals surface area contributed by atoms with Gasteiger partial charge in [-0.1, -0.05) is 121 Å². The van der Waals surface area contributed by atoms with Crippen molar-refractivity contribution in [1.29, 1.82) is 5.26 Å². The first-order chi connectivity index (χ1) is 25.7. The summed E-state index contributed by atoms with van der Waals surface area (Å²) in [5.74, 6) is 0. The van der Waals surface area contributed by atoms with Gasteiger partial charge in [0, 0.05) is 50.0 Å². The van der Waals surface area contributed by atoms with Crippen LogP contribution >= 0.6 is 0 Å². The molecule has 0 saturated carbocycles. The molecule has 0 spiro atoms. The SMILES string of the molecule is N#Cc1ccc(N2CCOCC2)c([C@@H]2O[C@H](C(O)Cc3ccccc3)[C@](O)(Cc3ccccc3)[C@@](O)(Cc3ccccc3)[C@]2(O)Cc2ccccc2)c1. The normalized spacial score (nSPS) is 26.4. The monoisotopic (exact) mass is 710 g/mol. The molecule has 0 amide bonds. The molecule has 0 aromatic heterocycles. The maximum Gasteiger partial charge on any atom is 0.132 e. The molecule has 272 valence electrons. The maximum absolute atomic E-state index is 13.8. The lowest BCUT2D eigenvalue weighted by atomic mass is 9.56. The molecule has 5 aromatic rings. The average molecular weight is 711 g/mol. The molecule has 2 fully saturated rings. The lowest BCUT2D eigenvalue weighted by Crippen LogP contribution is -2.81. The van der Waals surface area contributed by atoms with Crippen LogP contribution in [0.2, 0.25) is 0 Å². The topological polar surface area (TPSA) is 126 Å². The number of benzene rings is 5. The molecule has 0 radical (unpaired) electrons. The van der Waals surface area contributed by atoms with Gasteiger partial charge in [0.25, 0.3) is 0 Å². The third-order valence-electron chi connectivity index (χ3n) is 11.0. The Hall–Kier alpha value is -4.85. The van der Waals surface area contributed by atoms with Crippen LogP contribution in [0.3, 0.4) is 0 Å². The van der Waals surface area contributed by atoms with Gasteiger partial charge in [-0.25, -0.2) is 0 Å². The van der Waals surface area contributed by atoms with Crippen LogP contribution in [-0.2, 0) is 35.2 Å². The molecular weight excluding hydrogens is 665 g/mol. The van der Waals surface area contributed by atoms with Crippen LogP contribution in [0.5, 0.6) is 0 Å². The van der Waals surface area contributed by atoms with Crippen molar-refractivity contribution in [2.75, 3.05) is 31.2 Å². The molecule has 0 aliphatic carbocycles. The molecule has 4 N–H and O–H groups in total. The fourth-order valence-corrected chi connectivity index (χ4v) is 8.32. The highest BCUT2D eigenvalue weighted by Gasteiger charge is 2.72. The van der Waals surface area contributed by atoms with Gasteiger partial charge >= 0.3 is 0 Å². The zero-order valence-corrected chi connectivity index (χ0v) is 29.7. The van der Waals surface area contributed by atoms with Crippen molar-refractivity contribution in [3.63, 3.8) is 0 Å².